The molecule has 0 saturated carbocycles. The summed E-state index contributed by atoms with van der Waals surface area (Å²) in [5.41, 5.74) is 4.10. The van der Waals surface area contributed by atoms with Crippen molar-refractivity contribution in [3.8, 4) is 11.5 Å². The van der Waals surface area contributed by atoms with Crippen LogP contribution in [0.15, 0.2) is 36.5 Å². The average Bonchev–Trinajstić information content (AvgIpc) is 2.99. The summed E-state index contributed by atoms with van der Waals surface area (Å²) >= 11 is 6.40. The Morgan fingerprint density at radius 2 is 2.04 bits per heavy atom. The van der Waals surface area contributed by atoms with Crippen molar-refractivity contribution in [3.63, 3.8) is 0 Å². The number of benzene rings is 2. The van der Waals surface area contributed by atoms with Crippen molar-refractivity contribution in [3.05, 3.63) is 58.2 Å². The number of carboxylic acid groups (broad SMARTS) is 1. The number of rotatable bonds is 6. The molecule has 1 aromatic heterocycles. The highest BCUT2D eigenvalue weighted by molar-refractivity contribution is 6.32. The van der Waals surface area contributed by atoms with Gasteiger partial charge in [0, 0.05) is 23.5 Å². The van der Waals surface area contributed by atoms with Gasteiger partial charge in [-0.15, -0.1) is 0 Å². The third kappa shape index (κ3) is 3.86. The van der Waals surface area contributed by atoms with Gasteiger partial charge in [0.2, 0.25) is 0 Å². The second-order valence-corrected chi connectivity index (χ2v) is 7.23. The molecular formula is C21H22ClNO3. The molecule has 0 unspecified atom stereocenters. The maximum Gasteiger partial charge on any atom is 0.303 e. The number of nitrogens with one attached hydrogen (secondary N) is 1. The van der Waals surface area contributed by atoms with Crippen molar-refractivity contribution in [1.82, 2.24) is 4.98 Å². The molecule has 5 heteroatoms. The topological polar surface area (TPSA) is 62.3 Å². The normalized spacial score (nSPS) is 11.3. The van der Waals surface area contributed by atoms with Crippen LogP contribution in [0.4, 0.5) is 0 Å². The Hall–Kier alpha value is -2.46. The van der Waals surface area contributed by atoms with E-state index in [0.29, 0.717) is 23.1 Å². The Bertz CT molecular complexity index is 936. The number of ether oxygens (including phenoxy) is 1. The summed E-state index contributed by atoms with van der Waals surface area (Å²) in [6, 6.07) is 9.65. The number of halogens is 1. The van der Waals surface area contributed by atoms with Crippen molar-refractivity contribution in [2.75, 3.05) is 0 Å². The lowest BCUT2D eigenvalue weighted by Gasteiger charge is -2.13. The summed E-state index contributed by atoms with van der Waals surface area (Å²) in [4.78, 5) is 14.0. The average molecular weight is 372 g/mol. The SMILES string of the molecule is Cc1cc(CCC(=O)O)cc(Cl)c1Oc1ccc2[nH]cc(C(C)C)c2c1. The van der Waals surface area contributed by atoms with Crippen LogP contribution in [0, 0.1) is 6.92 Å². The first-order valence-electron chi connectivity index (χ1n) is 8.65. The molecule has 0 bridgehead atoms. The highest BCUT2D eigenvalue weighted by atomic mass is 35.5. The molecule has 2 N–H and O–H groups in total. The first-order chi connectivity index (χ1) is 12.3. The predicted octanol–water partition coefficient (Wildman–Crippen LogP) is 6.06. The number of aliphatic carboxylic acids is 1. The van der Waals surface area contributed by atoms with E-state index in [9.17, 15) is 4.79 Å². The lowest BCUT2D eigenvalue weighted by molar-refractivity contribution is -0.136. The number of aromatic amines is 1. The van der Waals surface area contributed by atoms with Crippen LogP contribution in [0.5, 0.6) is 11.5 Å². The van der Waals surface area contributed by atoms with E-state index in [1.54, 1.807) is 6.07 Å². The van der Waals surface area contributed by atoms with E-state index >= 15 is 0 Å². The van der Waals surface area contributed by atoms with Gasteiger partial charge in [0.25, 0.3) is 0 Å². The number of fused-ring (bicyclic) bond motifs is 1. The maximum atomic E-state index is 10.8. The Balaban J connectivity index is 1.89. The van der Waals surface area contributed by atoms with Gasteiger partial charge in [-0.2, -0.15) is 0 Å². The van der Waals surface area contributed by atoms with E-state index in [1.807, 2.05) is 37.4 Å². The summed E-state index contributed by atoms with van der Waals surface area (Å²) in [6.07, 6.45) is 2.57. The number of aryl methyl sites for hydroxylation is 2. The zero-order valence-corrected chi connectivity index (χ0v) is 15.9. The van der Waals surface area contributed by atoms with E-state index in [0.717, 1.165) is 27.8 Å². The number of hydrogen-bond donors (Lipinski definition) is 2. The summed E-state index contributed by atoms with van der Waals surface area (Å²) in [6.45, 7) is 6.24. The fourth-order valence-corrected chi connectivity index (χ4v) is 3.43. The zero-order chi connectivity index (χ0) is 18.8. The minimum Gasteiger partial charge on any atom is -0.481 e. The van der Waals surface area contributed by atoms with Gasteiger partial charge in [0.05, 0.1) is 5.02 Å². The molecule has 26 heavy (non-hydrogen) atoms. The molecule has 0 aliphatic carbocycles. The number of carboxylic acids is 1. The van der Waals surface area contributed by atoms with Crippen LogP contribution in [-0.4, -0.2) is 16.1 Å². The van der Waals surface area contributed by atoms with E-state index in [4.69, 9.17) is 21.4 Å². The van der Waals surface area contributed by atoms with Crippen molar-refractivity contribution >= 4 is 28.5 Å². The van der Waals surface area contributed by atoms with E-state index < -0.39 is 5.97 Å². The minimum atomic E-state index is -0.820. The van der Waals surface area contributed by atoms with Crippen molar-refractivity contribution in [2.24, 2.45) is 0 Å². The molecule has 4 nitrogen and oxygen atoms in total. The van der Waals surface area contributed by atoms with Crippen LogP contribution in [0.2, 0.25) is 5.02 Å². The van der Waals surface area contributed by atoms with Crippen LogP contribution >= 0.6 is 11.6 Å². The molecule has 136 valence electrons. The fourth-order valence-electron chi connectivity index (χ4n) is 3.11. The van der Waals surface area contributed by atoms with E-state index in [1.165, 1.54) is 5.56 Å². The van der Waals surface area contributed by atoms with Crippen LogP contribution in [0.25, 0.3) is 10.9 Å². The number of H-pyrrole nitrogens is 1. The lowest BCUT2D eigenvalue weighted by atomic mass is 10.0. The molecule has 3 aromatic rings. The van der Waals surface area contributed by atoms with Crippen LogP contribution in [0.3, 0.4) is 0 Å². The van der Waals surface area contributed by atoms with Crippen LogP contribution in [-0.2, 0) is 11.2 Å². The molecule has 0 saturated heterocycles. The van der Waals surface area contributed by atoms with Crippen molar-refractivity contribution in [1.29, 1.82) is 0 Å². The first-order valence-corrected chi connectivity index (χ1v) is 9.02. The second kappa shape index (κ2) is 7.42. The zero-order valence-electron chi connectivity index (χ0n) is 15.1. The maximum absolute atomic E-state index is 10.8. The van der Waals surface area contributed by atoms with Gasteiger partial charge >= 0.3 is 5.97 Å². The standard InChI is InChI=1S/C21H22ClNO3/c1-12(2)17-11-23-19-6-5-15(10-16(17)19)26-21-13(3)8-14(9-18(21)22)4-7-20(24)25/h5-6,8-12,23H,4,7H2,1-3H3,(H,24,25). The van der Waals surface area contributed by atoms with E-state index in [2.05, 4.69) is 18.8 Å². The molecule has 1 heterocycles. The lowest BCUT2D eigenvalue weighted by Crippen LogP contribution is -1.98. The van der Waals surface area contributed by atoms with Crippen molar-refractivity contribution < 1.29 is 14.6 Å². The number of carbonyl (C=O) groups is 1. The van der Waals surface area contributed by atoms with Gasteiger partial charge < -0.3 is 14.8 Å². The van der Waals surface area contributed by atoms with Crippen LogP contribution < -0.4 is 4.74 Å². The van der Waals surface area contributed by atoms with Gasteiger partial charge in [-0.05, 0) is 60.2 Å². The molecule has 0 fully saturated rings. The molecule has 2 aromatic carbocycles. The molecule has 0 atom stereocenters. The van der Waals surface area contributed by atoms with Gasteiger partial charge in [-0.25, -0.2) is 0 Å². The molecule has 3 rings (SSSR count). The summed E-state index contributed by atoms with van der Waals surface area (Å²) in [7, 11) is 0. The quantitative estimate of drug-likeness (QED) is 0.553. The minimum absolute atomic E-state index is 0.0815. The van der Waals surface area contributed by atoms with E-state index in [-0.39, 0.29) is 6.42 Å². The molecule has 0 spiro atoms. The first kappa shape index (κ1) is 18.3. The Labute approximate surface area is 157 Å². The Morgan fingerprint density at radius 3 is 2.69 bits per heavy atom. The van der Waals surface area contributed by atoms with Gasteiger partial charge in [-0.3, -0.25) is 4.79 Å². The highest BCUT2D eigenvalue weighted by Gasteiger charge is 2.13. The van der Waals surface area contributed by atoms with Crippen molar-refractivity contribution in [2.45, 2.75) is 39.5 Å². The molecule has 0 radical (unpaired) electrons. The van der Waals surface area contributed by atoms with Crippen LogP contribution in [0.1, 0.15) is 42.9 Å². The second-order valence-electron chi connectivity index (χ2n) is 6.83. The third-order valence-corrected chi connectivity index (χ3v) is 4.72. The largest absolute Gasteiger partial charge is 0.481 e. The van der Waals surface area contributed by atoms with Gasteiger partial charge in [0.15, 0.2) is 0 Å². The molecular weight excluding hydrogens is 350 g/mol. The number of aromatic nitrogens is 1. The fraction of sp³-hybridized carbons (Fsp3) is 0.286. The Kier molecular flexibility index (Phi) is 5.23. The summed E-state index contributed by atoms with van der Waals surface area (Å²) < 4.78 is 6.07. The Morgan fingerprint density at radius 1 is 1.27 bits per heavy atom. The molecule has 0 aliphatic heterocycles. The number of hydrogen-bond acceptors (Lipinski definition) is 2. The highest BCUT2D eigenvalue weighted by Crippen LogP contribution is 2.36. The third-order valence-electron chi connectivity index (χ3n) is 4.44. The summed E-state index contributed by atoms with van der Waals surface area (Å²) in [5.74, 6) is 0.923. The molecule has 0 amide bonds. The monoisotopic (exact) mass is 371 g/mol. The summed E-state index contributed by atoms with van der Waals surface area (Å²) in [5, 5.41) is 10.5. The smallest absolute Gasteiger partial charge is 0.303 e. The molecule has 0 aliphatic rings. The van der Waals surface area contributed by atoms with Gasteiger partial charge in [0.1, 0.15) is 11.5 Å². The predicted molar refractivity (Wildman–Crippen MR) is 105 cm³/mol. The van der Waals surface area contributed by atoms with Gasteiger partial charge in [-0.1, -0.05) is 31.5 Å².